The number of hydrogen-bond acceptors (Lipinski definition) is 1. The van der Waals surface area contributed by atoms with E-state index in [1.165, 1.54) is 16.7 Å². The summed E-state index contributed by atoms with van der Waals surface area (Å²) >= 11 is 1.98. The van der Waals surface area contributed by atoms with E-state index in [2.05, 4.69) is 60.6 Å². The van der Waals surface area contributed by atoms with Crippen molar-refractivity contribution >= 4 is 0 Å². The summed E-state index contributed by atoms with van der Waals surface area (Å²) < 4.78 is 5.66. The molecule has 0 heterocycles. The molecule has 1 aromatic carbocycles. The molecule has 1 aromatic rings. The second-order valence-electron chi connectivity index (χ2n) is 6.75. The van der Waals surface area contributed by atoms with Crippen LogP contribution in [-0.4, -0.2) is 0 Å². The van der Waals surface area contributed by atoms with Gasteiger partial charge in [-0.05, 0) is 0 Å². The molecule has 0 fully saturated rings. The molecule has 0 saturated carbocycles. The molecule has 0 aliphatic carbocycles. The average molecular weight is 382 g/mol. The van der Waals surface area contributed by atoms with Gasteiger partial charge in [-0.3, -0.25) is 0 Å². The van der Waals surface area contributed by atoms with Crippen molar-refractivity contribution in [3.8, 4) is 5.75 Å². The minimum atomic E-state index is 0.104. The first-order valence-corrected chi connectivity index (χ1v) is 6.82. The van der Waals surface area contributed by atoms with E-state index in [-0.39, 0.29) is 10.8 Å². The van der Waals surface area contributed by atoms with E-state index >= 15 is 0 Å². The number of benzene rings is 1. The summed E-state index contributed by atoms with van der Waals surface area (Å²) in [4.78, 5) is 0. The Kier molecular flexibility index (Phi) is 4.62. The van der Waals surface area contributed by atoms with E-state index in [0.29, 0.717) is 0 Å². The van der Waals surface area contributed by atoms with Gasteiger partial charge in [0.05, 0.1) is 0 Å². The van der Waals surface area contributed by atoms with Crippen LogP contribution in [0.15, 0.2) is 12.1 Å². The monoisotopic (exact) mass is 383 g/mol. The van der Waals surface area contributed by atoms with Crippen molar-refractivity contribution in [2.45, 2.75) is 59.3 Å². The Morgan fingerprint density at radius 3 is 1.47 bits per heavy atom. The predicted octanol–water partition coefficient (Wildman–Crippen LogP) is 4.43. The molecule has 0 unspecified atom stereocenters. The van der Waals surface area contributed by atoms with Crippen molar-refractivity contribution in [3.05, 3.63) is 28.8 Å². The van der Waals surface area contributed by atoms with Gasteiger partial charge in [-0.25, -0.2) is 0 Å². The molecule has 1 nitrogen and oxygen atoms in total. The molecule has 99 valence electrons. The topological polar surface area (TPSA) is 9.23 Å². The summed E-state index contributed by atoms with van der Waals surface area (Å²) in [7, 11) is 0. The summed E-state index contributed by atoms with van der Waals surface area (Å²) in [6.45, 7) is 15.5. The van der Waals surface area contributed by atoms with Crippen LogP contribution in [0.1, 0.15) is 58.2 Å². The third-order valence-corrected chi connectivity index (χ3v) is 3.33. The molecular weight excluding hydrogens is 359 g/mol. The van der Waals surface area contributed by atoms with Crippen molar-refractivity contribution in [1.29, 1.82) is 0 Å². The van der Waals surface area contributed by atoms with Crippen LogP contribution >= 0.6 is 0 Å². The van der Waals surface area contributed by atoms with Gasteiger partial charge in [-0.2, -0.15) is 0 Å². The molecule has 0 aliphatic rings. The van der Waals surface area contributed by atoms with E-state index in [0.717, 1.165) is 5.75 Å². The molecule has 17 heavy (non-hydrogen) atoms. The van der Waals surface area contributed by atoms with E-state index in [4.69, 9.17) is 1.39 Å². The van der Waals surface area contributed by atoms with Crippen molar-refractivity contribution in [3.63, 3.8) is 0 Å². The van der Waals surface area contributed by atoms with Crippen LogP contribution in [0.3, 0.4) is 0 Å². The SMILES string of the molecule is Cc1cc(C(C)(C)C)c([O][Dy])c(C(C)(C)C)c1. The molecule has 2 heteroatoms. The van der Waals surface area contributed by atoms with Crippen molar-refractivity contribution < 1.29 is 38.2 Å². The Bertz CT molecular complexity index is 373. The van der Waals surface area contributed by atoms with Gasteiger partial charge in [-0.15, -0.1) is 0 Å². The van der Waals surface area contributed by atoms with Gasteiger partial charge >= 0.3 is 132 Å². The summed E-state index contributed by atoms with van der Waals surface area (Å²) in [6, 6.07) is 4.48. The zero-order chi connectivity index (χ0) is 13.4. The molecule has 0 aromatic heterocycles. The van der Waals surface area contributed by atoms with Gasteiger partial charge in [0.1, 0.15) is 0 Å². The van der Waals surface area contributed by atoms with Gasteiger partial charge in [0.25, 0.3) is 0 Å². The fourth-order valence-electron chi connectivity index (χ4n) is 1.96. The van der Waals surface area contributed by atoms with E-state index in [1.807, 2.05) is 36.8 Å². The average Bonchev–Trinajstić information content (AvgIpc) is 2.13. The number of aryl methyl sites for hydroxylation is 1. The zero-order valence-corrected chi connectivity index (χ0v) is 13.9. The first kappa shape index (κ1) is 15.4. The number of rotatable bonds is 1. The first-order valence-electron chi connectivity index (χ1n) is 5.99. The van der Waals surface area contributed by atoms with E-state index in [1.54, 1.807) is 0 Å². The standard InChI is InChI=1S/C15H24O.Dy/c1-10-8-11(14(2,3)4)13(16)12(9-10)15(5,6)7;/h8-9,16H,1-7H3;/q;+1/p-1. The summed E-state index contributed by atoms with van der Waals surface area (Å²) in [5, 5.41) is 0. The van der Waals surface area contributed by atoms with Crippen LogP contribution in [-0.2, 0) is 10.8 Å². The molecule has 0 N–H and O–H groups in total. The van der Waals surface area contributed by atoms with Gasteiger partial charge in [0.15, 0.2) is 0 Å². The van der Waals surface area contributed by atoms with Crippen LogP contribution in [0.4, 0.5) is 0 Å². The van der Waals surface area contributed by atoms with Crippen molar-refractivity contribution in [1.82, 2.24) is 0 Å². The molecule has 0 saturated heterocycles. The molecule has 0 aliphatic heterocycles. The summed E-state index contributed by atoms with van der Waals surface area (Å²) in [5.41, 5.74) is 4.09. The molecular formula is C15H23DyO. The molecule has 0 atom stereocenters. The van der Waals surface area contributed by atoms with Crippen LogP contribution in [0.25, 0.3) is 0 Å². The van der Waals surface area contributed by atoms with Crippen molar-refractivity contribution in [2.24, 2.45) is 0 Å². The van der Waals surface area contributed by atoms with Gasteiger partial charge in [0.2, 0.25) is 0 Å². The first-order chi connectivity index (χ1) is 7.57. The van der Waals surface area contributed by atoms with Crippen LogP contribution in [0.2, 0.25) is 0 Å². The minimum absolute atomic E-state index is 0.104. The predicted molar refractivity (Wildman–Crippen MR) is 69.2 cm³/mol. The quantitative estimate of drug-likeness (QED) is 0.699. The van der Waals surface area contributed by atoms with Gasteiger partial charge in [0, 0.05) is 0 Å². The third-order valence-electron chi connectivity index (χ3n) is 2.91. The van der Waals surface area contributed by atoms with Crippen LogP contribution in [0.5, 0.6) is 5.75 Å². The molecule has 0 spiro atoms. The second kappa shape index (κ2) is 5.12. The Hall–Kier alpha value is 0.293. The maximum atomic E-state index is 5.66. The van der Waals surface area contributed by atoms with Crippen LogP contribution in [0, 0.1) is 43.7 Å². The van der Waals surface area contributed by atoms with E-state index < -0.39 is 0 Å². The van der Waals surface area contributed by atoms with Crippen LogP contribution < -0.4 is 1.39 Å². The normalized spacial score (nSPS) is 12.8. The Morgan fingerprint density at radius 2 is 1.24 bits per heavy atom. The summed E-state index contributed by atoms with van der Waals surface area (Å²) in [5.74, 6) is 1.04. The van der Waals surface area contributed by atoms with Gasteiger partial charge < -0.3 is 0 Å². The number of hydrogen-bond donors (Lipinski definition) is 0. The second-order valence-corrected chi connectivity index (χ2v) is 7.17. The fraction of sp³-hybridized carbons (Fsp3) is 0.600. The van der Waals surface area contributed by atoms with Gasteiger partial charge in [-0.1, -0.05) is 0 Å². The van der Waals surface area contributed by atoms with E-state index in [9.17, 15) is 0 Å². The zero-order valence-electron chi connectivity index (χ0n) is 11.9. The summed E-state index contributed by atoms with van der Waals surface area (Å²) in [6.07, 6.45) is 0. The Balaban J connectivity index is 3.58. The Labute approximate surface area is 131 Å². The Morgan fingerprint density at radius 1 is 0.882 bits per heavy atom. The third kappa shape index (κ3) is 3.63. The molecule has 1 rings (SSSR count). The molecule has 0 bridgehead atoms. The fourth-order valence-corrected chi connectivity index (χ4v) is 2.40. The molecule has 0 radical (unpaired) electrons. The van der Waals surface area contributed by atoms with Crippen molar-refractivity contribution in [2.75, 3.05) is 0 Å². The molecule has 0 amide bonds. The maximum absolute atomic E-state index is 5.66.